The van der Waals surface area contributed by atoms with Gasteiger partial charge in [-0.3, -0.25) is 14.4 Å². The second-order valence-electron chi connectivity index (χ2n) is 5.59. The van der Waals surface area contributed by atoms with Crippen molar-refractivity contribution in [1.82, 2.24) is 25.0 Å². The lowest BCUT2D eigenvalue weighted by Crippen LogP contribution is -2.45. The van der Waals surface area contributed by atoms with Crippen molar-refractivity contribution >= 4 is 17.2 Å². The highest BCUT2D eigenvalue weighted by molar-refractivity contribution is 7.09. The molecule has 1 amide bonds. The number of aryl methyl sites for hydroxylation is 1. The summed E-state index contributed by atoms with van der Waals surface area (Å²) < 4.78 is 6.81. The summed E-state index contributed by atoms with van der Waals surface area (Å²) in [6.07, 6.45) is 1.75. The van der Waals surface area contributed by atoms with Crippen LogP contribution in [0, 0.1) is 6.92 Å². The molecule has 3 rings (SSSR count). The van der Waals surface area contributed by atoms with Crippen LogP contribution in [0.15, 0.2) is 17.6 Å². The Bertz CT molecular complexity index is 668. The minimum absolute atomic E-state index is 0.0221. The Morgan fingerprint density at radius 3 is 3.17 bits per heavy atom. The Kier molecular flexibility index (Phi) is 5.04. The maximum Gasteiger partial charge on any atom is 0.246 e. The van der Waals surface area contributed by atoms with Gasteiger partial charge >= 0.3 is 0 Å². The van der Waals surface area contributed by atoms with Crippen LogP contribution in [0.5, 0.6) is 0 Å². The number of carbonyl (C=O) groups excluding carboxylic acids is 1. The molecule has 0 spiro atoms. The van der Waals surface area contributed by atoms with E-state index in [-0.39, 0.29) is 11.9 Å². The van der Waals surface area contributed by atoms with E-state index >= 15 is 0 Å². The zero-order valence-electron chi connectivity index (χ0n) is 13.4. The fourth-order valence-electron chi connectivity index (χ4n) is 2.78. The van der Waals surface area contributed by atoms with Crippen molar-refractivity contribution in [3.8, 4) is 0 Å². The van der Waals surface area contributed by atoms with E-state index in [2.05, 4.69) is 25.7 Å². The van der Waals surface area contributed by atoms with Crippen LogP contribution in [0.25, 0.3) is 0 Å². The van der Waals surface area contributed by atoms with Gasteiger partial charge in [0.15, 0.2) is 0 Å². The average molecular weight is 335 g/mol. The van der Waals surface area contributed by atoms with Gasteiger partial charge in [-0.25, -0.2) is 4.98 Å². The third-order valence-corrected chi connectivity index (χ3v) is 4.65. The van der Waals surface area contributed by atoms with E-state index in [1.165, 1.54) is 0 Å². The summed E-state index contributed by atoms with van der Waals surface area (Å²) >= 11 is 1.65. The number of carbonyl (C=O) groups is 1. The first kappa shape index (κ1) is 16.1. The molecule has 2 aromatic heterocycles. The van der Waals surface area contributed by atoms with Gasteiger partial charge in [0, 0.05) is 44.9 Å². The largest absolute Gasteiger partial charge is 0.383 e. The molecule has 0 fully saturated rings. The zero-order valence-corrected chi connectivity index (χ0v) is 14.2. The van der Waals surface area contributed by atoms with Crippen molar-refractivity contribution in [2.24, 2.45) is 0 Å². The van der Waals surface area contributed by atoms with E-state index in [0.717, 1.165) is 29.5 Å². The Morgan fingerprint density at radius 2 is 2.43 bits per heavy atom. The molecule has 0 bridgehead atoms. The van der Waals surface area contributed by atoms with E-state index in [1.54, 1.807) is 24.6 Å². The van der Waals surface area contributed by atoms with Gasteiger partial charge < -0.3 is 10.1 Å². The zero-order chi connectivity index (χ0) is 16.2. The topological polar surface area (TPSA) is 72.3 Å². The monoisotopic (exact) mass is 335 g/mol. The number of thiazole rings is 1. The van der Waals surface area contributed by atoms with E-state index < -0.39 is 0 Å². The molecule has 124 valence electrons. The fraction of sp³-hybridized carbons (Fsp3) is 0.533. The third kappa shape index (κ3) is 3.77. The first-order valence-corrected chi connectivity index (χ1v) is 8.47. The number of amides is 1. The van der Waals surface area contributed by atoms with E-state index in [0.29, 0.717) is 19.7 Å². The summed E-state index contributed by atoms with van der Waals surface area (Å²) in [5.41, 5.74) is 2.11. The highest BCUT2D eigenvalue weighted by Crippen LogP contribution is 2.22. The Labute approximate surface area is 139 Å². The summed E-state index contributed by atoms with van der Waals surface area (Å²) in [5.74, 6) is -0.0221. The summed E-state index contributed by atoms with van der Waals surface area (Å²) in [6.45, 7) is 5.17. The molecular weight excluding hydrogens is 314 g/mol. The number of aromatic nitrogens is 3. The van der Waals surface area contributed by atoms with Crippen molar-refractivity contribution < 1.29 is 9.53 Å². The fourth-order valence-corrected chi connectivity index (χ4v) is 3.39. The van der Waals surface area contributed by atoms with Gasteiger partial charge in [-0.1, -0.05) is 0 Å². The standard InChI is InChI=1S/C15H21N5O2S/c1-11-18-12(10-23-11)7-19-8-13-3-4-17-20(13)14(9-19)15(21)16-5-6-22-2/h3-4,10,14H,5-9H2,1-2H3,(H,16,21). The molecule has 1 N–H and O–H groups in total. The van der Waals surface area contributed by atoms with Gasteiger partial charge in [0.1, 0.15) is 6.04 Å². The van der Waals surface area contributed by atoms with E-state index in [1.807, 2.05) is 17.7 Å². The van der Waals surface area contributed by atoms with Gasteiger partial charge in [0.25, 0.3) is 0 Å². The maximum absolute atomic E-state index is 12.5. The van der Waals surface area contributed by atoms with Crippen LogP contribution in [0.1, 0.15) is 22.4 Å². The molecule has 0 radical (unpaired) electrons. The minimum atomic E-state index is -0.315. The lowest BCUT2D eigenvalue weighted by molar-refractivity contribution is -0.126. The number of rotatable bonds is 6. The first-order chi connectivity index (χ1) is 11.2. The number of ether oxygens (including phenoxy) is 1. The molecule has 3 heterocycles. The van der Waals surface area contributed by atoms with Crippen LogP contribution in [-0.2, 0) is 22.6 Å². The van der Waals surface area contributed by atoms with Crippen LogP contribution < -0.4 is 5.32 Å². The normalized spacial score (nSPS) is 17.9. The molecule has 2 aromatic rings. The molecule has 1 atom stereocenters. The second kappa shape index (κ2) is 7.20. The van der Waals surface area contributed by atoms with Gasteiger partial charge in [-0.15, -0.1) is 11.3 Å². The number of hydrogen-bond donors (Lipinski definition) is 1. The molecule has 8 heteroatoms. The number of nitrogens with zero attached hydrogens (tertiary/aromatic N) is 4. The van der Waals surface area contributed by atoms with Gasteiger partial charge in [0.05, 0.1) is 23.0 Å². The molecule has 7 nitrogen and oxygen atoms in total. The van der Waals surface area contributed by atoms with Crippen molar-refractivity contribution in [2.75, 3.05) is 26.8 Å². The van der Waals surface area contributed by atoms with E-state index in [4.69, 9.17) is 4.74 Å². The van der Waals surface area contributed by atoms with Gasteiger partial charge in [-0.05, 0) is 13.0 Å². The molecular formula is C15H21N5O2S. The smallest absolute Gasteiger partial charge is 0.246 e. The summed E-state index contributed by atoms with van der Waals surface area (Å²) in [4.78, 5) is 19.2. The van der Waals surface area contributed by atoms with Crippen LogP contribution >= 0.6 is 11.3 Å². The molecule has 1 aliphatic heterocycles. The van der Waals surface area contributed by atoms with Crippen LogP contribution in [-0.4, -0.2) is 52.4 Å². The minimum Gasteiger partial charge on any atom is -0.383 e. The average Bonchev–Trinajstić information content (AvgIpc) is 3.15. The lowest BCUT2D eigenvalue weighted by Gasteiger charge is -2.32. The predicted molar refractivity (Wildman–Crippen MR) is 87.1 cm³/mol. The van der Waals surface area contributed by atoms with Crippen molar-refractivity contribution in [3.63, 3.8) is 0 Å². The quantitative estimate of drug-likeness (QED) is 0.797. The Balaban J connectivity index is 1.70. The van der Waals surface area contributed by atoms with Gasteiger partial charge in [0.2, 0.25) is 5.91 Å². The molecule has 0 aromatic carbocycles. The molecule has 0 aliphatic carbocycles. The summed E-state index contributed by atoms with van der Waals surface area (Å²) in [7, 11) is 1.62. The molecule has 1 unspecified atom stereocenters. The maximum atomic E-state index is 12.5. The highest BCUT2D eigenvalue weighted by Gasteiger charge is 2.30. The number of fused-ring (bicyclic) bond motifs is 1. The lowest BCUT2D eigenvalue weighted by atomic mass is 10.1. The molecule has 23 heavy (non-hydrogen) atoms. The van der Waals surface area contributed by atoms with Crippen LogP contribution in [0.3, 0.4) is 0 Å². The number of methoxy groups -OCH3 is 1. The second-order valence-corrected chi connectivity index (χ2v) is 6.66. The molecule has 0 saturated carbocycles. The summed E-state index contributed by atoms with van der Waals surface area (Å²) in [6, 6.07) is 1.65. The number of nitrogens with one attached hydrogen (secondary N) is 1. The van der Waals surface area contributed by atoms with Crippen molar-refractivity contribution in [2.45, 2.75) is 26.1 Å². The Hall–Kier alpha value is -1.77. The van der Waals surface area contributed by atoms with Crippen molar-refractivity contribution in [1.29, 1.82) is 0 Å². The predicted octanol–water partition coefficient (Wildman–Crippen LogP) is 0.968. The Morgan fingerprint density at radius 1 is 1.57 bits per heavy atom. The molecule has 0 saturated heterocycles. The highest BCUT2D eigenvalue weighted by atomic mass is 32.1. The van der Waals surface area contributed by atoms with Crippen LogP contribution in [0.2, 0.25) is 0 Å². The van der Waals surface area contributed by atoms with E-state index in [9.17, 15) is 4.79 Å². The van der Waals surface area contributed by atoms with Crippen LogP contribution in [0.4, 0.5) is 0 Å². The molecule has 1 aliphatic rings. The number of hydrogen-bond acceptors (Lipinski definition) is 6. The van der Waals surface area contributed by atoms with Gasteiger partial charge in [-0.2, -0.15) is 5.10 Å². The first-order valence-electron chi connectivity index (χ1n) is 7.60. The SMILES string of the molecule is COCCNC(=O)C1CN(Cc2csc(C)n2)Cc2ccnn21. The third-order valence-electron chi connectivity index (χ3n) is 3.82. The van der Waals surface area contributed by atoms with Crippen molar-refractivity contribution in [3.05, 3.63) is 34.0 Å². The summed E-state index contributed by atoms with van der Waals surface area (Å²) in [5, 5.41) is 10.4.